The molecule has 5 heteroatoms. The lowest BCUT2D eigenvalue weighted by molar-refractivity contribution is 0.338. The van der Waals surface area contributed by atoms with Crippen molar-refractivity contribution in [3.8, 4) is 0 Å². The minimum atomic E-state index is -3.74. The van der Waals surface area contributed by atoms with Crippen molar-refractivity contribution in [1.29, 1.82) is 0 Å². The number of hydrogen-bond acceptors (Lipinski definition) is 3. The molecule has 4 nitrogen and oxygen atoms in total. The molecule has 0 bridgehead atoms. The number of hydrogen-bond donors (Lipinski definition) is 2. The molecule has 0 aromatic heterocycles. The first-order chi connectivity index (χ1) is 6.08. The summed E-state index contributed by atoms with van der Waals surface area (Å²) >= 11 is 0. The zero-order chi connectivity index (χ0) is 9.73. The van der Waals surface area contributed by atoms with E-state index in [1.807, 2.05) is 0 Å². The standard InChI is InChI=1S/C8H17NO3S/c10-13(11,12)7-2-1-6-9-8-4-3-5-8/h8-9H,1-7H2,(H,10,11,12). The van der Waals surface area contributed by atoms with Crippen LogP contribution < -0.4 is 5.32 Å². The minimum absolute atomic E-state index is 0.112. The van der Waals surface area contributed by atoms with Crippen LogP contribution in [0.5, 0.6) is 0 Å². The molecule has 13 heavy (non-hydrogen) atoms. The van der Waals surface area contributed by atoms with Gasteiger partial charge in [-0.05, 0) is 32.2 Å². The Balaban J connectivity index is 1.89. The van der Waals surface area contributed by atoms with Crippen molar-refractivity contribution < 1.29 is 13.0 Å². The molecule has 1 aliphatic rings. The second kappa shape index (κ2) is 4.93. The van der Waals surface area contributed by atoms with Crippen LogP contribution >= 0.6 is 0 Å². The molecule has 0 amide bonds. The van der Waals surface area contributed by atoms with Gasteiger partial charge in [-0.3, -0.25) is 4.55 Å². The second-order valence-electron chi connectivity index (χ2n) is 3.58. The lowest BCUT2D eigenvalue weighted by Gasteiger charge is -2.26. The fourth-order valence-electron chi connectivity index (χ4n) is 1.33. The lowest BCUT2D eigenvalue weighted by atomic mass is 9.93. The average Bonchev–Trinajstić information content (AvgIpc) is 1.90. The monoisotopic (exact) mass is 207 g/mol. The van der Waals surface area contributed by atoms with Crippen LogP contribution in [-0.4, -0.2) is 31.3 Å². The zero-order valence-electron chi connectivity index (χ0n) is 7.70. The van der Waals surface area contributed by atoms with E-state index in [0.717, 1.165) is 13.0 Å². The van der Waals surface area contributed by atoms with Gasteiger partial charge in [0.05, 0.1) is 5.75 Å². The van der Waals surface area contributed by atoms with Gasteiger partial charge in [0.15, 0.2) is 0 Å². The van der Waals surface area contributed by atoms with E-state index in [1.54, 1.807) is 0 Å². The Morgan fingerprint density at radius 1 is 1.31 bits per heavy atom. The van der Waals surface area contributed by atoms with Crippen LogP contribution in [0.2, 0.25) is 0 Å². The summed E-state index contributed by atoms with van der Waals surface area (Å²) in [5.41, 5.74) is 0. The highest BCUT2D eigenvalue weighted by Crippen LogP contribution is 2.17. The van der Waals surface area contributed by atoms with Crippen LogP contribution in [0.15, 0.2) is 0 Å². The van der Waals surface area contributed by atoms with Crippen molar-refractivity contribution >= 4 is 10.1 Å². The van der Waals surface area contributed by atoms with Crippen molar-refractivity contribution in [2.24, 2.45) is 0 Å². The fourth-order valence-corrected chi connectivity index (χ4v) is 1.90. The molecule has 1 rings (SSSR count). The molecule has 0 heterocycles. The molecule has 78 valence electrons. The van der Waals surface area contributed by atoms with Crippen LogP contribution in [-0.2, 0) is 10.1 Å². The Bertz CT molecular complexity index is 234. The summed E-state index contributed by atoms with van der Waals surface area (Å²) in [7, 11) is -3.74. The number of rotatable bonds is 6. The van der Waals surface area contributed by atoms with E-state index >= 15 is 0 Å². The molecule has 1 saturated carbocycles. The summed E-state index contributed by atoms with van der Waals surface area (Å²) in [5.74, 6) is -0.112. The van der Waals surface area contributed by atoms with Crippen LogP contribution in [0.25, 0.3) is 0 Å². The van der Waals surface area contributed by atoms with Crippen LogP contribution in [0.1, 0.15) is 32.1 Å². The largest absolute Gasteiger partial charge is 0.314 e. The molecule has 0 saturated heterocycles. The van der Waals surface area contributed by atoms with E-state index in [9.17, 15) is 8.42 Å². The van der Waals surface area contributed by atoms with Crippen molar-refractivity contribution in [3.05, 3.63) is 0 Å². The van der Waals surface area contributed by atoms with Crippen molar-refractivity contribution in [1.82, 2.24) is 5.32 Å². The highest BCUT2D eigenvalue weighted by molar-refractivity contribution is 7.85. The second-order valence-corrected chi connectivity index (χ2v) is 5.15. The Labute approximate surface area is 79.5 Å². The molecule has 1 fully saturated rings. The lowest BCUT2D eigenvalue weighted by Crippen LogP contribution is -2.35. The predicted octanol–water partition coefficient (Wildman–Crippen LogP) is 0.796. The van der Waals surface area contributed by atoms with Gasteiger partial charge in [0.1, 0.15) is 0 Å². The third kappa shape index (κ3) is 5.23. The predicted molar refractivity (Wildman–Crippen MR) is 51.3 cm³/mol. The van der Waals surface area contributed by atoms with Crippen molar-refractivity contribution in [2.45, 2.75) is 38.1 Å². The number of unbranched alkanes of at least 4 members (excludes halogenated alkanes) is 1. The van der Waals surface area contributed by atoms with Crippen molar-refractivity contribution in [3.63, 3.8) is 0 Å². The smallest absolute Gasteiger partial charge is 0.264 e. The first-order valence-corrected chi connectivity index (χ1v) is 6.37. The van der Waals surface area contributed by atoms with Gasteiger partial charge in [-0.15, -0.1) is 0 Å². The Morgan fingerprint density at radius 3 is 2.46 bits per heavy atom. The summed E-state index contributed by atoms with van der Waals surface area (Å²) in [6, 6.07) is 0.658. The van der Waals surface area contributed by atoms with E-state index in [-0.39, 0.29) is 5.75 Å². The van der Waals surface area contributed by atoms with Gasteiger partial charge in [-0.2, -0.15) is 8.42 Å². The van der Waals surface area contributed by atoms with Crippen LogP contribution in [0.4, 0.5) is 0 Å². The SMILES string of the molecule is O=S(=O)(O)CCCCNC1CCC1. The Morgan fingerprint density at radius 2 is 2.00 bits per heavy atom. The van der Waals surface area contributed by atoms with Gasteiger partial charge in [0.25, 0.3) is 10.1 Å². The topological polar surface area (TPSA) is 66.4 Å². The number of nitrogens with one attached hydrogen (secondary N) is 1. The van der Waals surface area contributed by atoms with E-state index in [0.29, 0.717) is 12.5 Å². The molecular formula is C8H17NO3S. The molecule has 0 aromatic rings. The van der Waals surface area contributed by atoms with Gasteiger partial charge in [0, 0.05) is 6.04 Å². The summed E-state index contributed by atoms with van der Waals surface area (Å²) in [6.07, 6.45) is 5.16. The first kappa shape index (κ1) is 10.9. The molecule has 0 atom stereocenters. The van der Waals surface area contributed by atoms with Crippen LogP contribution in [0.3, 0.4) is 0 Å². The quantitative estimate of drug-likeness (QED) is 0.499. The molecule has 0 radical (unpaired) electrons. The third-order valence-electron chi connectivity index (χ3n) is 2.37. The summed E-state index contributed by atoms with van der Waals surface area (Å²) in [5, 5.41) is 3.33. The molecule has 0 aromatic carbocycles. The van der Waals surface area contributed by atoms with E-state index < -0.39 is 10.1 Å². The van der Waals surface area contributed by atoms with Gasteiger partial charge in [-0.25, -0.2) is 0 Å². The van der Waals surface area contributed by atoms with Gasteiger partial charge in [0.2, 0.25) is 0 Å². The molecular weight excluding hydrogens is 190 g/mol. The van der Waals surface area contributed by atoms with E-state index in [2.05, 4.69) is 5.32 Å². The maximum atomic E-state index is 10.3. The average molecular weight is 207 g/mol. The van der Waals surface area contributed by atoms with Gasteiger partial charge < -0.3 is 5.32 Å². The summed E-state index contributed by atoms with van der Waals surface area (Å²) in [6.45, 7) is 0.861. The van der Waals surface area contributed by atoms with E-state index in [4.69, 9.17) is 4.55 Å². The highest BCUT2D eigenvalue weighted by atomic mass is 32.2. The molecule has 0 aliphatic heterocycles. The molecule has 0 unspecified atom stereocenters. The maximum Gasteiger partial charge on any atom is 0.264 e. The zero-order valence-corrected chi connectivity index (χ0v) is 8.52. The maximum absolute atomic E-state index is 10.3. The normalized spacial score (nSPS) is 18.5. The first-order valence-electron chi connectivity index (χ1n) is 4.76. The minimum Gasteiger partial charge on any atom is -0.314 e. The Kier molecular flexibility index (Phi) is 4.15. The third-order valence-corrected chi connectivity index (χ3v) is 3.17. The fraction of sp³-hybridized carbons (Fsp3) is 1.00. The summed E-state index contributed by atoms with van der Waals surface area (Å²) < 4.78 is 29.1. The molecule has 0 spiro atoms. The van der Waals surface area contributed by atoms with Crippen LogP contribution in [0, 0.1) is 0 Å². The molecule has 1 aliphatic carbocycles. The van der Waals surface area contributed by atoms with Gasteiger partial charge >= 0.3 is 0 Å². The highest BCUT2D eigenvalue weighted by Gasteiger charge is 2.15. The van der Waals surface area contributed by atoms with E-state index in [1.165, 1.54) is 19.3 Å². The van der Waals surface area contributed by atoms with Gasteiger partial charge in [-0.1, -0.05) is 6.42 Å². The van der Waals surface area contributed by atoms with Crippen molar-refractivity contribution in [2.75, 3.05) is 12.3 Å². The summed E-state index contributed by atoms with van der Waals surface area (Å²) in [4.78, 5) is 0. The molecule has 2 N–H and O–H groups in total. The Hall–Kier alpha value is -0.130.